The summed E-state index contributed by atoms with van der Waals surface area (Å²) in [6.45, 7) is 7.49. The van der Waals surface area contributed by atoms with Gasteiger partial charge in [-0.05, 0) is 18.2 Å². The number of allylic oxidation sites excluding steroid dienone is 1. The third-order valence-electron chi connectivity index (χ3n) is 1.03. The Morgan fingerprint density at radius 2 is 2.30 bits per heavy atom. The van der Waals surface area contributed by atoms with E-state index < -0.39 is 0 Å². The zero-order valence-electron chi connectivity index (χ0n) is 6.39. The number of carbonyl (C=O) groups excluding carboxylic acids is 1. The number of nitrogens with two attached hydrogens (primary N) is 1. The van der Waals surface area contributed by atoms with Gasteiger partial charge >= 0.3 is 0 Å². The summed E-state index contributed by atoms with van der Waals surface area (Å²) in [7, 11) is 0. The molecule has 2 nitrogen and oxygen atoms in total. The number of amides is 1. The van der Waals surface area contributed by atoms with Crippen molar-refractivity contribution in [3.63, 3.8) is 0 Å². The highest BCUT2D eigenvalue weighted by Crippen LogP contribution is 2.21. The first-order valence-corrected chi connectivity index (χ1v) is 4.07. The maximum absolute atomic E-state index is 10.6. The molecule has 0 aliphatic carbocycles. The van der Waals surface area contributed by atoms with Crippen molar-refractivity contribution in [2.24, 2.45) is 5.73 Å². The average molecular weight is 159 g/mol. The second-order valence-electron chi connectivity index (χ2n) is 2.12. The van der Waals surface area contributed by atoms with Gasteiger partial charge in [0.15, 0.2) is 0 Å². The number of hydrogen-bond acceptors (Lipinski definition) is 2. The van der Waals surface area contributed by atoms with Gasteiger partial charge in [0.1, 0.15) is 0 Å². The first-order valence-electron chi connectivity index (χ1n) is 3.19. The predicted molar refractivity (Wildman–Crippen MR) is 45.7 cm³/mol. The van der Waals surface area contributed by atoms with Crippen molar-refractivity contribution in [2.45, 2.75) is 25.5 Å². The van der Waals surface area contributed by atoms with Crippen LogP contribution >= 0.6 is 11.8 Å². The van der Waals surface area contributed by atoms with Gasteiger partial charge < -0.3 is 5.73 Å². The second kappa shape index (κ2) is 4.39. The molecule has 2 N–H and O–H groups in total. The highest BCUT2D eigenvalue weighted by molar-refractivity contribution is 8.04. The molecular formula is C7H13NOS. The van der Waals surface area contributed by atoms with E-state index in [0.29, 0.717) is 0 Å². The highest BCUT2D eigenvalue weighted by atomic mass is 32.2. The number of primary amides is 1. The molecule has 0 aromatic rings. The van der Waals surface area contributed by atoms with Gasteiger partial charge in [-0.15, -0.1) is 11.8 Å². The van der Waals surface area contributed by atoms with Crippen molar-refractivity contribution in [3.8, 4) is 0 Å². The molecule has 0 aromatic carbocycles. The standard InChI is InChI=1S/C7H13NOS/c1-4-6(7(8)9)10-5(2)3/h6H,2,4H2,1,3H3,(H2,8,9). The molecule has 3 heteroatoms. The molecule has 0 aliphatic heterocycles. The van der Waals surface area contributed by atoms with Crippen LogP contribution < -0.4 is 5.73 Å². The Bertz CT molecular complexity index is 145. The first-order chi connectivity index (χ1) is 4.57. The molecule has 0 bridgehead atoms. The molecule has 1 unspecified atom stereocenters. The molecule has 0 aromatic heterocycles. The van der Waals surface area contributed by atoms with E-state index in [4.69, 9.17) is 5.73 Å². The SMILES string of the molecule is C=C(C)SC(CC)C(N)=O. The molecule has 0 aliphatic rings. The number of carbonyl (C=O) groups is 1. The Balaban J connectivity index is 3.83. The van der Waals surface area contributed by atoms with E-state index in [1.54, 1.807) is 0 Å². The van der Waals surface area contributed by atoms with Gasteiger partial charge in [-0.25, -0.2) is 0 Å². The zero-order chi connectivity index (χ0) is 8.15. The van der Waals surface area contributed by atoms with Crippen LogP contribution in [0.15, 0.2) is 11.5 Å². The summed E-state index contributed by atoms with van der Waals surface area (Å²) in [6.07, 6.45) is 0.771. The summed E-state index contributed by atoms with van der Waals surface area (Å²) < 4.78 is 0. The molecule has 0 heterocycles. The normalized spacial score (nSPS) is 12.6. The zero-order valence-corrected chi connectivity index (χ0v) is 7.20. The number of rotatable bonds is 4. The molecule has 0 radical (unpaired) electrons. The van der Waals surface area contributed by atoms with Gasteiger partial charge in [0.05, 0.1) is 5.25 Å². The Labute approximate surface area is 65.9 Å². The Hall–Kier alpha value is -0.440. The lowest BCUT2D eigenvalue weighted by Crippen LogP contribution is -2.24. The molecule has 1 atom stereocenters. The van der Waals surface area contributed by atoms with Crippen molar-refractivity contribution in [3.05, 3.63) is 11.5 Å². The average Bonchev–Trinajstić information content (AvgIpc) is 1.81. The summed E-state index contributed by atoms with van der Waals surface area (Å²) in [5.74, 6) is -0.254. The summed E-state index contributed by atoms with van der Waals surface area (Å²) in [5, 5.41) is -0.0995. The van der Waals surface area contributed by atoms with E-state index >= 15 is 0 Å². The van der Waals surface area contributed by atoms with E-state index in [9.17, 15) is 4.79 Å². The lowest BCUT2D eigenvalue weighted by Gasteiger charge is -2.08. The van der Waals surface area contributed by atoms with Crippen LogP contribution in [0, 0.1) is 0 Å². The Morgan fingerprint density at radius 1 is 1.80 bits per heavy atom. The number of thioether (sulfide) groups is 1. The fraction of sp³-hybridized carbons (Fsp3) is 0.571. The second-order valence-corrected chi connectivity index (χ2v) is 3.62. The van der Waals surface area contributed by atoms with Crippen LogP contribution in [-0.2, 0) is 4.79 Å². The fourth-order valence-electron chi connectivity index (χ4n) is 0.585. The van der Waals surface area contributed by atoms with Crippen LogP contribution in [0.1, 0.15) is 20.3 Å². The molecule has 10 heavy (non-hydrogen) atoms. The fourth-order valence-corrected chi connectivity index (χ4v) is 1.35. The lowest BCUT2D eigenvalue weighted by molar-refractivity contribution is -0.117. The van der Waals surface area contributed by atoms with Crippen LogP contribution in [-0.4, -0.2) is 11.2 Å². The van der Waals surface area contributed by atoms with Crippen molar-refractivity contribution in [1.29, 1.82) is 0 Å². The first kappa shape index (κ1) is 9.56. The highest BCUT2D eigenvalue weighted by Gasteiger charge is 2.12. The molecule has 58 valence electrons. The summed E-state index contributed by atoms with van der Waals surface area (Å²) in [6, 6.07) is 0. The van der Waals surface area contributed by atoms with Crippen molar-refractivity contribution in [1.82, 2.24) is 0 Å². The molecule has 1 amide bonds. The quantitative estimate of drug-likeness (QED) is 0.675. The largest absolute Gasteiger partial charge is 0.369 e. The van der Waals surface area contributed by atoms with Gasteiger partial charge in [0, 0.05) is 0 Å². The van der Waals surface area contributed by atoms with E-state index in [0.717, 1.165) is 11.3 Å². The Morgan fingerprint density at radius 3 is 2.40 bits per heavy atom. The van der Waals surface area contributed by atoms with Gasteiger partial charge in [-0.2, -0.15) is 0 Å². The third kappa shape index (κ3) is 3.56. The van der Waals surface area contributed by atoms with Crippen molar-refractivity contribution in [2.75, 3.05) is 0 Å². The van der Waals surface area contributed by atoms with Crippen LogP contribution in [0.25, 0.3) is 0 Å². The molecular weight excluding hydrogens is 146 g/mol. The van der Waals surface area contributed by atoms with Crippen LogP contribution in [0.4, 0.5) is 0 Å². The number of hydrogen-bond donors (Lipinski definition) is 1. The van der Waals surface area contributed by atoms with Gasteiger partial charge in [0.2, 0.25) is 5.91 Å². The Kier molecular flexibility index (Phi) is 4.19. The minimum absolute atomic E-state index is 0.0995. The van der Waals surface area contributed by atoms with Crippen LogP contribution in [0.3, 0.4) is 0 Å². The smallest absolute Gasteiger partial charge is 0.230 e. The monoisotopic (exact) mass is 159 g/mol. The minimum Gasteiger partial charge on any atom is -0.369 e. The molecule has 0 saturated heterocycles. The molecule has 0 saturated carbocycles. The van der Waals surface area contributed by atoms with Gasteiger partial charge in [0.25, 0.3) is 0 Å². The van der Waals surface area contributed by atoms with E-state index in [2.05, 4.69) is 6.58 Å². The molecule has 0 fully saturated rings. The maximum atomic E-state index is 10.6. The maximum Gasteiger partial charge on any atom is 0.230 e. The topological polar surface area (TPSA) is 43.1 Å². The van der Waals surface area contributed by atoms with Crippen molar-refractivity contribution < 1.29 is 4.79 Å². The van der Waals surface area contributed by atoms with Crippen molar-refractivity contribution >= 4 is 17.7 Å². The van der Waals surface area contributed by atoms with Gasteiger partial charge in [-0.1, -0.05) is 13.5 Å². The summed E-state index contributed by atoms with van der Waals surface area (Å²) >= 11 is 1.44. The van der Waals surface area contributed by atoms with Crippen LogP contribution in [0.5, 0.6) is 0 Å². The molecule has 0 spiro atoms. The molecule has 0 rings (SSSR count). The lowest BCUT2D eigenvalue weighted by atomic mass is 10.3. The summed E-state index contributed by atoms with van der Waals surface area (Å²) in [5.41, 5.74) is 5.09. The van der Waals surface area contributed by atoms with Gasteiger partial charge in [-0.3, -0.25) is 4.79 Å². The minimum atomic E-state index is -0.254. The van der Waals surface area contributed by atoms with E-state index in [1.807, 2.05) is 13.8 Å². The predicted octanol–water partition coefficient (Wildman–Crippen LogP) is 1.52. The third-order valence-corrected chi connectivity index (χ3v) is 2.28. The van der Waals surface area contributed by atoms with E-state index in [-0.39, 0.29) is 11.2 Å². The van der Waals surface area contributed by atoms with Crippen LogP contribution in [0.2, 0.25) is 0 Å². The van der Waals surface area contributed by atoms with E-state index in [1.165, 1.54) is 11.8 Å². The summed E-state index contributed by atoms with van der Waals surface area (Å²) in [4.78, 5) is 11.6.